The van der Waals surface area contributed by atoms with Crippen molar-refractivity contribution in [2.45, 2.75) is 119 Å². The summed E-state index contributed by atoms with van der Waals surface area (Å²) in [6.07, 6.45) is 12.7. The van der Waals surface area contributed by atoms with Gasteiger partial charge in [-0.25, -0.2) is 4.57 Å². The van der Waals surface area contributed by atoms with Crippen LogP contribution in [0.25, 0.3) is 0 Å². The highest BCUT2D eigenvalue weighted by atomic mass is 32.1. The van der Waals surface area contributed by atoms with E-state index >= 15 is 0 Å². The van der Waals surface area contributed by atoms with E-state index < -0.39 is 15.0 Å². The molecule has 4 unspecified atom stereocenters. The van der Waals surface area contributed by atoms with Gasteiger partial charge in [0, 0.05) is 0 Å². The molecule has 0 amide bonds. The van der Waals surface area contributed by atoms with Gasteiger partial charge in [-0.1, -0.05) is 99.3 Å². The van der Waals surface area contributed by atoms with Crippen molar-refractivity contribution in [3.63, 3.8) is 0 Å². The van der Waals surface area contributed by atoms with Crippen molar-refractivity contribution in [2.75, 3.05) is 19.8 Å². The highest BCUT2D eigenvalue weighted by Crippen LogP contribution is 2.71. The smallest absolute Gasteiger partial charge is 0.322 e. The Morgan fingerprint density at radius 3 is 1.32 bits per heavy atom. The summed E-state index contributed by atoms with van der Waals surface area (Å²) in [6, 6.07) is 0. The van der Waals surface area contributed by atoms with Gasteiger partial charge in [-0.3, -0.25) is 4.57 Å². The molecule has 0 aliphatic rings. The molecule has 0 fully saturated rings. The van der Waals surface area contributed by atoms with Gasteiger partial charge < -0.3 is 13.6 Å². The van der Waals surface area contributed by atoms with Gasteiger partial charge in [-0.05, 0) is 37.0 Å². The van der Waals surface area contributed by atoms with Crippen LogP contribution in [-0.2, 0) is 22.7 Å². The molecule has 0 aliphatic carbocycles. The lowest BCUT2D eigenvalue weighted by Gasteiger charge is -2.24. The van der Waals surface area contributed by atoms with Crippen molar-refractivity contribution in [3.8, 4) is 0 Å². The maximum Gasteiger partial charge on any atom is 0.409 e. The van der Waals surface area contributed by atoms with Crippen LogP contribution in [0.3, 0.4) is 0 Å². The fourth-order valence-electron chi connectivity index (χ4n) is 3.51. The average molecular weight is 483 g/mol. The summed E-state index contributed by atoms with van der Waals surface area (Å²) in [4.78, 5) is 0. The molecule has 0 rings (SSSR count). The highest BCUT2D eigenvalue weighted by Gasteiger charge is 2.36. The molecule has 0 spiro atoms. The quantitative estimate of drug-likeness (QED) is 0.144. The van der Waals surface area contributed by atoms with Crippen LogP contribution in [0.1, 0.15) is 119 Å². The lowest BCUT2D eigenvalue weighted by Crippen LogP contribution is -2.12. The molecule has 0 bridgehead atoms. The Balaban J connectivity index is 5.11. The summed E-state index contributed by atoms with van der Waals surface area (Å²) in [5.41, 5.74) is 0. The fraction of sp³-hybridized carbons (Fsp3) is 1.00. The first kappa shape index (κ1) is 31.3. The normalized spacial score (nSPS) is 17.7. The molecule has 0 aromatic carbocycles. The van der Waals surface area contributed by atoms with Crippen LogP contribution in [0.15, 0.2) is 0 Å². The second-order valence-electron chi connectivity index (χ2n) is 8.92. The topological polar surface area (TPSA) is 61.8 Å². The molecule has 0 saturated heterocycles. The fourth-order valence-corrected chi connectivity index (χ4v) is 6.93. The van der Waals surface area contributed by atoms with Gasteiger partial charge in [-0.15, -0.1) is 0 Å². The van der Waals surface area contributed by atoms with Crippen molar-refractivity contribution in [3.05, 3.63) is 0 Å². The van der Waals surface area contributed by atoms with Crippen LogP contribution in [0.5, 0.6) is 0 Å². The van der Waals surface area contributed by atoms with E-state index in [0.29, 0.717) is 37.6 Å². The molecule has 0 heterocycles. The van der Waals surface area contributed by atoms with E-state index in [2.05, 4.69) is 41.5 Å². The van der Waals surface area contributed by atoms with Gasteiger partial charge in [0.25, 0.3) is 0 Å². The van der Waals surface area contributed by atoms with Crippen LogP contribution in [-0.4, -0.2) is 19.8 Å². The number of hydrogen-bond donors (Lipinski definition) is 0. The summed E-state index contributed by atoms with van der Waals surface area (Å²) in [6.45, 7) is 13.9. The third-order valence-corrected chi connectivity index (χ3v) is 10.6. The Hall–Kier alpha value is 0.340. The van der Waals surface area contributed by atoms with Crippen LogP contribution in [0.4, 0.5) is 0 Å². The SMILES string of the molecule is CCCCC(CC)CO[PH](=O)P(=O)(OCC(CC)CCCC)OCC(CC)CCCC. The molecule has 0 aliphatic heterocycles. The van der Waals surface area contributed by atoms with Crippen LogP contribution in [0.2, 0.25) is 0 Å². The first-order valence-electron chi connectivity index (χ1n) is 13.0. The predicted molar refractivity (Wildman–Crippen MR) is 134 cm³/mol. The third kappa shape index (κ3) is 14.3. The first-order chi connectivity index (χ1) is 14.9. The van der Waals surface area contributed by atoms with Gasteiger partial charge in [-0.2, -0.15) is 0 Å². The van der Waals surface area contributed by atoms with Crippen molar-refractivity contribution in [1.29, 1.82) is 0 Å². The molecular formula is C24H52O5P2. The molecule has 31 heavy (non-hydrogen) atoms. The van der Waals surface area contributed by atoms with Crippen molar-refractivity contribution in [2.24, 2.45) is 17.8 Å². The Morgan fingerprint density at radius 2 is 1.00 bits per heavy atom. The molecule has 0 N–H and O–H groups in total. The zero-order chi connectivity index (χ0) is 23.5. The Morgan fingerprint density at radius 1 is 0.645 bits per heavy atom. The van der Waals surface area contributed by atoms with Crippen LogP contribution in [0, 0.1) is 17.8 Å². The number of unbranched alkanes of at least 4 members (excludes halogenated alkanes) is 3. The second-order valence-corrected chi connectivity index (χ2v) is 14.0. The first-order valence-corrected chi connectivity index (χ1v) is 16.7. The van der Waals surface area contributed by atoms with Gasteiger partial charge in [0.05, 0.1) is 19.8 Å². The zero-order valence-electron chi connectivity index (χ0n) is 21.3. The molecule has 0 aromatic rings. The minimum Gasteiger partial charge on any atom is -0.322 e. The third-order valence-electron chi connectivity index (χ3n) is 6.26. The maximum absolute atomic E-state index is 13.6. The minimum atomic E-state index is -3.78. The van der Waals surface area contributed by atoms with E-state index in [4.69, 9.17) is 13.6 Å². The molecule has 5 nitrogen and oxygen atoms in total. The molecule has 0 saturated carbocycles. The summed E-state index contributed by atoms with van der Waals surface area (Å²) >= 11 is 0. The van der Waals surface area contributed by atoms with E-state index in [0.717, 1.165) is 77.0 Å². The van der Waals surface area contributed by atoms with E-state index in [1.807, 2.05) is 0 Å². The standard InChI is InChI=1S/C24H52O5P2/c1-7-13-16-22(10-4)19-27-30(25)31(26,28-20-23(11-5)17-14-8-2)29-21-24(12-6)18-15-9-3/h22-24,30H,7-21H2,1-6H3. The minimum absolute atomic E-state index is 0.307. The molecule has 4 atom stereocenters. The van der Waals surface area contributed by atoms with E-state index in [1.165, 1.54) is 0 Å². The van der Waals surface area contributed by atoms with E-state index in [9.17, 15) is 9.13 Å². The monoisotopic (exact) mass is 482 g/mol. The molecule has 0 aromatic heterocycles. The lowest BCUT2D eigenvalue weighted by atomic mass is 10.0. The summed E-state index contributed by atoms with van der Waals surface area (Å²) in [5.74, 6) is 0.951. The lowest BCUT2D eigenvalue weighted by molar-refractivity contribution is 0.156. The van der Waals surface area contributed by atoms with Crippen molar-refractivity contribution >= 4 is 15.0 Å². The summed E-state index contributed by atoms with van der Waals surface area (Å²) in [5, 5.41) is 0. The van der Waals surface area contributed by atoms with Gasteiger partial charge in [0.15, 0.2) is 0 Å². The number of rotatable bonds is 22. The predicted octanol–water partition coefficient (Wildman–Crippen LogP) is 9.27. The second kappa shape index (κ2) is 19.8. The molecule has 7 heteroatoms. The highest BCUT2D eigenvalue weighted by molar-refractivity contribution is 8.21. The van der Waals surface area contributed by atoms with E-state index in [-0.39, 0.29) is 0 Å². The van der Waals surface area contributed by atoms with Crippen molar-refractivity contribution < 1.29 is 22.7 Å². The van der Waals surface area contributed by atoms with Gasteiger partial charge >= 0.3 is 15.0 Å². The maximum atomic E-state index is 13.6. The Kier molecular flexibility index (Phi) is 20.0. The zero-order valence-corrected chi connectivity index (χ0v) is 23.2. The van der Waals surface area contributed by atoms with Crippen LogP contribution >= 0.6 is 15.0 Å². The van der Waals surface area contributed by atoms with Crippen molar-refractivity contribution in [1.82, 2.24) is 0 Å². The molecule has 188 valence electrons. The van der Waals surface area contributed by atoms with E-state index in [1.54, 1.807) is 0 Å². The Labute approximate surface area is 194 Å². The van der Waals surface area contributed by atoms with Gasteiger partial charge in [0.1, 0.15) is 0 Å². The number of hydrogen-bond acceptors (Lipinski definition) is 5. The van der Waals surface area contributed by atoms with Gasteiger partial charge in [0.2, 0.25) is 0 Å². The summed E-state index contributed by atoms with van der Waals surface area (Å²) < 4.78 is 44.0. The Bertz CT molecular complexity index is 463. The average Bonchev–Trinajstić information content (AvgIpc) is 2.79. The largest absolute Gasteiger partial charge is 0.409 e. The molecular weight excluding hydrogens is 430 g/mol. The summed E-state index contributed by atoms with van der Waals surface area (Å²) in [7, 11) is -6.72. The molecule has 0 radical (unpaired) electrons. The van der Waals surface area contributed by atoms with Crippen LogP contribution < -0.4 is 0 Å².